The minimum Gasteiger partial charge on any atom is -0.506 e. The normalized spacial score (nSPS) is 12.5. The molecule has 0 fully saturated rings. The summed E-state index contributed by atoms with van der Waals surface area (Å²) < 4.78 is 0. The zero-order chi connectivity index (χ0) is 10.0. The first-order valence-electron chi connectivity index (χ1n) is 3.37. The van der Waals surface area contributed by atoms with Crippen LogP contribution in [0.25, 0.3) is 0 Å². The van der Waals surface area contributed by atoms with Gasteiger partial charge >= 0.3 is 5.97 Å². The molecule has 5 heteroatoms. The van der Waals surface area contributed by atoms with Crippen LogP contribution >= 0.6 is 23.2 Å². The maximum absolute atomic E-state index is 10.4. The van der Waals surface area contributed by atoms with Gasteiger partial charge in [-0.1, -0.05) is 17.7 Å². The van der Waals surface area contributed by atoms with Gasteiger partial charge < -0.3 is 10.2 Å². The highest BCUT2D eigenvalue weighted by Gasteiger charge is 2.16. The summed E-state index contributed by atoms with van der Waals surface area (Å²) in [6.45, 7) is 0. The molecule has 1 unspecified atom stereocenters. The molecule has 2 N–H and O–H groups in total. The molecular formula is C8H6Cl2O3. The Bertz CT molecular complexity index is 338. The van der Waals surface area contributed by atoms with Crippen LogP contribution in [-0.2, 0) is 4.79 Å². The van der Waals surface area contributed by atoms with Crippen molar-refractivity contribution in [2.45, 2.75) is 5.38 Å². The quantitative estimate of drug-likeness (QED) is 0.754. The molecule has 3 nitrogen and oxygen atoms in total. The van der Waals surface area contributed by atoms with Gasteiger partial charge in [-0.25, -0.2) is 0 Å². The van der Waals surface area contributed by atoms with Crippen molar-refractivity contribution in [2.75, 3.05) is 0 Å². The number of carboxylic acid groups (broad SMARTS) is 1. The Morgan fingerprint density at radius 3 is 2.54 bits per heavy atom. The van der Waals surface area contributed by atoms with Crippen LogP contribution < -0.4 is 0 Å². The van der Waals surface area contributed by atoms with E-state index in [4.69, 9.17) is 33.4 Å². The molecule has 1 rings (SSSR count). The topological polar surface area (TPSA) is 57.5 Å². The highest BCUT2D eigenvalue weighted by Crippen LogP contribution is 2.29. The Labute approximate surface area is 84.5 Å². The summed E-state index contributed by atoms with van der Waals surface area (Å²) in [5, 5.41) is 16.7. The van der Waals surface area contributed by atoms with E-state index in [1.54, 1.807) is 0 Å². The third-order valence-electron chi connectivity index (χ3n) is 1.48. The van der Waals surface area contributed by atoms with Crippen LogP contribution in [0.5, 0.6) is 5.75 Å². The second kappa shape index (κ2) is 3.85. The molecule has 0 aliphatic heterocycles. The molecule has 0 aliphatic carbocycles. The molecule has 0 spiro atoms. The monoisotopic (exact) mass is 220 g/mol. The van der Waals surface area contributed by atoms with Gasteiger partial charge in [-0.3, -0.25) is 4.79 Å². The fraction of sp³-hybridized carbons (Fsp3) is 0.125. The molecule has 0 saturated carbocycles. The third kappa shape index (κ3) is 2.26. The van der Waals surface area contributed by atoms with Gasteiger partial charge in [0, 0.05) is 0 Å². The lowest BCUT2D eigenvalue weighted by molar-refractivity contribution is -0.136. The molecule has 0 radical (unpaired) electrons. The minimum atomic E-state index is -1.16. The van der Waals surface area contributed by atoms with Gasteiger partial charge in [-0.05, 0) is 17.7 Å². The van der Waals surface area contributed by atoms with Crippen LogP contribution in [0, 0.1) is 0 Å². The number of phenolic OH excluding ortho intramolecular Hbond substituents is 1. The maximum atomic E-state index is 10.4. The van der Waals surface area contributed by atoms with Crippen molar-refractivity contribution in [3.63, 3.8) is 0 Å². The lowest BCUT2D eigenvalue weighted by Crippen LogP contribution is -2.04. The molecule has 13 heavy (non-hydrogen) atoms. The van der Waals surface area contributed by atoms with Gasteiger partial charge in [0.2, 0.25) is 0 Å². The fourth-order valence-electron chi connectivity index (χ4n) is 0.830. The van der Waals surface area contributed by atoms with E-state index < -0.39 is 11.3 Å². The van der Waals surface area contributed by atoms with Crippen LogP contribution in [0.4, 0.5) is 0 Å². The number of hydrogen-bond donors (Lipinski definition) is 2. The number of rotatable bonds is 2. The van der Waals surface area contributed by atoms with Crippen LogP contribution in [0.15, 0.2) is 18.2 Å². The standard InChI is InChI=1S/C8H6Cl2O3/c9-5-2-1-4(3-6(5)11)7(10)8(12)13/h1-3,7,11H,(H,12,13). The van der Waals surface area contributed by atoms with Gasteiger partial charge in [0.25, 0.3) is 0 Å². The molecule has 1 atom stereocenters. The van der Waals surface area contributed by atoms with Crippen molar-refractivity contribution in [3.05, 3.63) is 28.8 Å². The number of hydrogen-bond acceptors (Lipinski definition) is 2. The first kappa shape index (κ1) is 10.2. The zero-order valence-corrected chi connectivity index (χ0v) is 7.88. The molecule has 0 amide bonds. The molecule has 0 saturated heterocycles. The average molecular weight is 221 g/mol. The summed E-state index contributed by atoms with van der Waals surface area (Å²) in [4.78, 5) is 10.4. The predicted molar refractivity (Wildman–Crippen MR) is 49.3 cm³/mol. The largest absolute Gasteiger partial charge is 0.506 e. The van der Waals surface area contributed by atoms with E-state index in [-0.39, 0.29) is 10.8 Å². The predicted octanol–water partition coefficient (Wildman–Crippen LogP) is 2.41. The molecule has 0 bridgehead atoms. The van der Waals surface area contributed by atoms with E-state index in [1.807, 2.05) is 0 Å². The van der Waals surface area contributed by atoms with Crippen LogP contribution in [0.3, 0.4) is 0 Å². The Balaban J connectivity index is 3.03. The van der Waals surface area contributed by atoms with Crippen molar-refractivity contribution in [1.29, 1.82) is 0 Å². The number of carboxylic acids is 1. The Kier molecular flexibility index (Phi) is 3.01. The molecule has 1 aromatic rings. The number of alkyl halides is 1. The summed E-state index contributed by atoms with van der Waals surface area (Å²) in [5.74, 6) is -1.34. The summed E-state index contributed by atoms with van der Waals surface area (Å²) in [5.41, 5.74) is 0.302. The molecular weight excluding hydrogens is 215 g/mol. The Hall–Kier alpha value is -0.930. The van der Waals surface area contributed by atoms with E-state index in [0.717, 1.165) is 0 Å². The Morgan fingerprint density at radius 1 is 1.46 bits per heavy atom. The van der Waals surface area contributed by atoms with Crippen molar-refractivity contribution in [3.8, 4) is 5.75 Å². The molecule has 0 aliphatic rings. The van der Waals surface area contributed by atoms with Crippen LogP contribution in [0.1, 0.15) is 10.9 Å². The molecule has 0 aromatic heterocycles. The van der Waals surface area contributed by atoms with Gasteiger partial charge in [0.05, 0.1) is 5.02 Å². The van der Waals surface area contributed by atoms with E-state index in [2.05, 4.69) is 0 Å². The van der Waals surface area contributed by atoms with E-state index >= 15 is 0 Å². The number of carbonyl (C=O) groups is 1. The first-order valence-corrected chi connectivity index (χ1v) is 4.19. The first-order chi connectivity index (χ1) is 6.02. The summed E-state index contributed by atoms with van der Waals surface area (Å²) in [7, 11) is 0. The number of benzene rings is 1. The van der Waals surface area contributed by atoms with Crippen LogP contribution in [-0.4, -0.2) is 16.2 Å². The van der Waals surface area contributed by atoms with E-state index in [9.17, 15) is 4.79 Å². The summed E-state index contributed by atoms with van der Waals surface area (Å²) >= 11 is 11.0. The second-order valence-corrected chi connectivity index (χ2v) is 3.26. The van der Waals surface area contributed by atoms with E-state index in [1.165, 1.54) is 18.2 Å². The highest BCUT2D eigenvalue weighted by atomic mass is 35.5. The zero-order valence-electron chi connectivity index (χ0n) is 6.37. The maximum Gasteiger partial charge on any atom is 0.326 e. The fourth-order valence-corrected chi connectivity index (χ4v) is 1.08. The molecule has 70 valence electrons. The van der Waals surface area contributed by atoms with Gasteiger partial charge in [0.1, 0.15) is 5.75 Å². The average Bonchev–Trinajstić information content (AvgIpc) is 2.08. The smallest absolute Gasteiger partial charge is 0.326 e. The van der Waals surface area contributed by atoms with Crippen molar-refractivity contribution >= 4 is 29.2 Å². The number of phenols is 1. The Morgan fingerprint density at radius 2 is 2.08 bits per heavy atom. The summed E-state index contributed by atoms with van der Waals surface area (Å²) in [6, 6.07) is 4.08. The highest BCUT2D eigenvalue weighted by molar-refractivity contribution is 6.32. The van der Waals surface area contributed by atoms with Crippen molar-refractivity contribution < 1.29 is 15.0 Å². The van der Waals surface area contributed by atoms with Gasteiger partial charge in [0.15, 0.2) is 5.38 Å². The number of aliphatic carboxylic acids is 1. The molecule has 1 aromatic carbocycles. The van der Waals surface area contributed by atoms with Crippen LogP contribution in [0.2, 0.25) is 5.02 Å². The van der Waals surface area contributed by atoms with Crippen molar-refractivity contribution in [2.24, 2.45) is 0 Å². The minimum absolute atomic E-state index is 0.165. The number of halogens is 2. The van der Waals surface area contributed by atoms with E-state index in [0.29, 0.717) is 5.56 Å². The van der Waals surface area contributed by atoms with Gasteiger partial charge in [-0.2, -0.15) is 0 Å². The molecule has 0 heterocycles. The van der Waals surface area contributed by atoms with Crippen molar-refractivity contribution in [1.82, 2.24) is 0 Å². The SMILES string of the molecule is O=C(O)C(Cl)c1ccc(Cl)c(O)c1. The lowest BCUT2D eigenvalue weighted by Gasteiger charge is -2.05. The van der Waals surface area contributed by atoms with Gasteiger partial charge in [-0.15, -0.1) is 11.6 Å². The lowest BCUT2D eigenvalue weighted by atomic mass is 10.1. The third-order valence-corrected chi connectivity index (χ3v) is 2.24. The number of aromatic hydroxyl groups is 1. The summed E-state index contributed by atoms with van der Waals surface area (Å²) in [6.07, 6.45) is 0. The second-order valence-electron chi connectivity index (χ2n) is 2.41.